The molecule has 1 aliphatic heterocycles. The minimum Gasteiger partial charge on any atom is -0.387 e. The van der Waals surface area contributed by atoms with E-state index in [1.807, 2.05) is 12.1 Å². The van der Waals surface area contributed by atoms with Gasteiger partial charge in [-0.1, -0.05) is 0 Å². The van der Waals surface area contributed by atoms with E-state index < -0.39 is 17.7 Å². The number of rotatable bonds is 8. The van der Waals surface area contributed by atoms with Gasteiger partial charge in [-0.2, -0.15) is 10.4 Å². The van der Waals surface area contributed by atoms with Gasteiger partial charge in [0.25, 0.3) is 5.91 Å². The summed E-state index contributed by atoms with van der Waals surface area (Å²) in [5.74, 6) is -0.554. The van der Waals surface area contributed by atoms with Gasteiger partial charge in [-0.25, -0.2) is 8.91 Å². The number of hydrogen-bond donors (Lipinski definition) is 3. The molecule has 2 amide bonds. The van der Waals surface area contributed by atoms with Crippen LogP contribution in [0, 0.1) is 11.3 Å². The Kier molecular flexibility index (Phi) is 6.90. The lowest BCUT2D eigenvalue weighted by molar-refractivity contribution is -0.135. The molecule has 0 bridgehead atoms. The van der Waals surface area contributed by atoms with Crippen molar-refractivity contribution in [3.63, 3.8) is 0 Å². The zero-order valence-electron chi connectivity index (χ0n) is 20.3. The summed E-state index contributed by atoms with van der Waals surface area (Å²) in [5.41, 5.74) is 1.42. The van der Waals surface area contributed by atoms with Crippen LogP contribution in [-0.4, -0.2) is 73.9 Å². The van der Waals surface area contributed by atoms with Gasteiger partial charge in [0, 0.05) is 26.2 Å². The number of nitrogens with one attached hydrogen (secondary N) is 2. The molecule has 0 radical (unpaired) electrons. The Morgan fingerprint density at radius 2 is 2.11 bits per heavy atom. The second kappa shape index (κ2) is 9.91. The normalized spacial score (nSPS) is 16.2. The highest BCUT2D eigenvalue weighted by molar-refractivity contribution is 6.00. The summed E-state index contributed by atoms with van der Waals surface area (Å²) in [5, 5.41) is 29.0. The number of nitrogens with zero attached hydrogens (tertiary/aromatic N) is 5. The summed E-state index contributed by atoms with van der Waals surface area (Å²) in [4.78, 5) is 30.9. The molecule has 3 N–H and O–H groups in total. The zero-order chi connectivity index (χ0) is 26.0. The summed E-state index contributed by atoms with van der Waals surface area (Å²) in [6.07, 6.45) is 2.05. The van der Waals surface area contributed by atoms with Gasteiger partial charge in [0.05, 0.1) is 58.1 Å². The minimum absolute atomic E-state index is 0.000589. The van der Waals surface area contributed by atoms with Crippen LogP contribution in [0.25, 0.3) is 16.9 Å². The molecule has 0 spiro atoms. The van der Waals surface area contributed by atoms with Crippen LogP contribution in [0.15, 0.2) is 36.7 Å². The van der Waals surface area contributed by atoms with Crippen molar-refractivity contribution in [3.8, 4) is 17.5 Å². The van der Waals surface area contributed by atoms with Gasteiger partial charge in [-0.05, 0) is 44.5 Å². The zero-order valence-corrected chi connectivity index (χ0v) is 20.3. The summed E-state index contributed by atoms with van der Waals surface area (Å²) >= 11 is 0. The Labute approximate surface area is 207 Å². The fourth-order valence-corrected chi connectivity index (χ4v) is 4.00. The molecule has 2 atom stereocenters. The first-order valence-corrected chi connectivity index (χ1v) is 11.6. The molecule has 188 valence electrons. The van der Waals surface area contributed by atoms with Crippen LogP contribution in [-0.2, 0) is 4.79 Å². The monoisotopic (exact) mass is 493 g/mol. The standard InChI is InChI=1S/C25H28FN7O3/c1-15(34)32-7-6-18(32)12-28-20-9-21(22-5-4-17-8-16(10-27)11-31-33(17)22)29-13-19(20)24(35)30-14-23(26)25(2,3)36/h4-5,8-9,11,13,18,23,36H,6-7,12,14H2,1-3H3,(H,28,29)(H,30,35)/t18-,23?/m1/s1. The van der Waals surface area contributed by atoms with Crippen molar-refractivity contribution >= 4 is 23.0 Å². The van der Waals surface area contributed by atoms with Crippen LogP contribution in [0.2, 0.25) is 0 Å². The van der Waals surface area contributed by atoms with E-state index in [9.17, 15) is 19.1 Å². The van der Waals surface area contributed by atoms with Crippen molar-refractivity contribution in [1.82, 2.24) is 24.8 Å². The van der Waals surface area contributed by atoms with Crippen molar-refractivity contribution in [2.24, 2.45) is 0 Å². The lowest BCUT2D eigenvalue weighted by atomic mass is 10.0. The number of anilines is 1. The molecule has 3 aromatic heterocycles. The number of carbonyl (C=O) groups excluding carboxylic acids is 2. The topological polar surface area (TPSA) is 136 Å². The smallest absolute Gasteiger partial charge is 0.255 e. The van der Waals surface area contributed by atoms with Gasteiger partial charge in [0.2, 0.25) is 5.91 Å². The van der Waals surface area contributed by atoms with E-state index in [2.05, 4.69) is 26.8 Å². The molecular weight excluding hydrogens is 465 g/mol. The number of hydrogen-bond acceptors (Lipinski definition) is 7. The molecule has 3 aromatic rings. The molecular formula is C25H28FN7O3. The molecule has 1 saturated heterocycles. The molecule has 4 rings (SSSR count). The van der Waals surface area contributed by atoms with Crippen molar-refractivity contribution in [1.29, 1.82) is 5.26 Å². The van der Waals surface area contributed by atoms with Gasteiger partial charge in [-0.15, -0.1) is 0 Å². The second-order valence-electron chi connectivity index (χ2n) is 9.39. The molecule has 11 heteroatoms. The van der Waals surface area contributed by atoms with Crippen LogP contribution in [0.3, 0.4) is 0 Å². The second-order valence-corrected chi connectivity index (χ2v) is 9.39. The molecule has 1 aliphatic rings. The third-order valence-corrected chi connectivity index (χ3v) is 6.33. The van der Waals surface area contributed by atoms with Crippen LogP contribution in [0.4, 0.5) is 10.1 Å². The Hall–Kier alpha value is -4.04. The summed E-state index contributed by atoms with van der Waals surface area (Å²) in [6.45, 7) is 4.95. The number of halogens is 1. The van der Waals surface area contributed by atoms with Gasteiger partial charge in [0.15, 0.2) is 0 Å². The Morgan fingerprint density at radius 3 is 2.75 bits per heavy atom. The molecule has 10 nitrogen and oxygen atoms in total. The lowest BCUT2D eigenvalue weighted by Crippen LogP contribution is -2.53. The van der Waals surface area contributed by atoms with E-state index in [0.717, 1.165) is 6.42 Å². The molecule has 0 aliphatic carbocycles. The average molecular weight is 494 g/mol. The molecule has 36 heavy (non-hydrogen) atoms. The highest BCUT2D eigenvalue weighted by Crippen LogP contribution is 2.27. The Bertz CT molecular complexity index is 1340. The molecule has 4 heterocycles. The average Bonchev–Trinajstić information content (AvgIpc) is 3.23. The lowest BCUT2D eigenvalue weighted by Gasteiger charge is -2.40. The van der Waals surface area contributed by atoms with Gasteiger partial charge in [0.1, 0.15) is 12.2 Å². The van der Waals surface area contributed by atoms with E-state index in [1.165, 1.54) is 33.2 Å². The third kappa shape index (κ3) is 5.13. The van der Waals surface area contributed by atoms with E-state index >= 15 is 0 Å². The molecule has 1 fully saturated rings. The van der Waals surface area contributed by atoms with E-state index in [-0.39, 0.29) is 24.1 Å². The maximum Gasteiger partial charge on any atom is 0.255 e. The predicted octanol–water partition coefficient (Wildman–Crippen LogP) is 2.14. The Morgan fingerprint density at radius 1 is 1.33 bits per heavy atom. The number of likely N-dealkylation sites (tertiary alicyclic amines) is 1. The first-order chi connectivity index (χ1) is 17.1. The van der Waals surface area contributed by atoms with Gasteiger partial charge in [-0.3, -0.25) is 14.6 Å². The minimum atomic E-state index is -1.65. The van der Waals surface area contributed by atoms with Crippen LogP contribution in [0.5, 0.6) is 0 Å². The van der Waals surface area contributed by atoms with Crippen molar-refractivity contribution < 1.29 is 19.1 Å². The predicted molar refractivity (Wildman–Crippen MR) is 131 cm³/mol. The van der Waals surface area contributed by atoms with Crippen molar-refractivity contribution in [2.75, 3.05) is 25.0 Å². The summed E-state index contributed by atoms with van der Waals surface area (Å²) in [7, 11) is 0. The molecule has 1 unspecified atom stereocenters. The first-order valence-electron chi connectivity index (χ1n) is 11.6. The van der Waals surface area contributed by atoms with Crippen molar-refractivity contribution in [2.45, 2.75) is 45.0 Å². The fourth-order valence-electron chi connectivity index (χ4n) is 4.00. The summed E-state index contributed by atoms with van der Waals surface area (Å²) < 4.78 is 15.8. The highest BCUT2D eigenvalue weighted by Gasteiger charge is 2.30. The van der Waals surface area contributed by atoms with E-state index in [1.54, 1.807) is 21.5 Å². The maximum atomic E-state index is 14.2. The van der Waals surface area contributed by atoms with Crippen LogP contribution >= 0.6 is 0 Å². The van der Waals surface area contributed by atoms with E-state index in [4.69, 9.17) is 5.26 Å². The highest BCUT2D eigenvalue weighted by atomic mass is 19.1. The Balaban J connectivity index is 1.63. The van der Waals surface area contributed by atoms with Gasteiger partial charge >= 0.3 is 0 Å². The number of amides is 2. The maximum absolute atomic E-state index is 14.2. The number of fused-ring (bicyclic) bond motifs is 1. The summed E-state index contributed by atoms with van der Waals surface area (Å²) in [6, 6.07) is 9.10. The largest absolute Gasteiger partial charge is 0.387 e. The molecule has 0 aromatic carbocycles. The quantitative estimate of drug-likeness (QED) is 0.437. The number of pyridine rings is 1. The van der Waals surface area contributed by atoms with E-state index in [0.29, 0.717) is 41.2 Å². The van der Waals surface area contributed by atoms with Crippen LogP contribution in [0.1, 0.15) is 43.1 Å². The van der Waals surface area contributed by atoms with Crippen molar-refractivity contribution in [3.05, 3.63) is 47.8 Å². The first kappa shape index (κ1) is 25.1. The number of aliphatic hydroxyl groups is 1. The molecule has 0 saturated carbocycles. The number of aromatic nitrogens is 3. The van der Waals surface area contributed by atoms with Gasteiger partial charge < -0.3 is 20.6 Å². The van der Waals surface area contributed by atoms with Crippen LogP contribution < -0.4 is 10.6 Å². The number of nitriles is 1. The third-order valence-electron chi connectivity index (χ3n) is 6.33. The number of carbonyl (C=O) groups is 2. The SMILES string of the molecule is CC(=O)N1CC[C@@H]1CNc1cc(-c2ccc3cc(C#N)cnn23)ncc1C(=O)NCC(F)C(C)(C)O. The number of alkyl halides is 1. The fraction of sp³-hybridized carbons (Fsp3) is 0.400.